The van der Waals surface area contributed by atoms with Crippen LogP contribution in [-0.2, 0) is 9.84 Å². The molecule has 1 fully saturated rings. The zero-order valence-corrected chi connectivity index (χ0v) is 15.0. The molecule has 1 aliphatic rings. The van der Waals surface area contributed by atoms with Gasteiger partial charge in [-0.15, -0.1) is 22.7 Å². The van der Waals surface area contributed by atoms with Crippen LogP contribution in [0.2, 0.25) is 0 Å². The summed E-state index contributed by atoms with van der Waals surface area (Å²) >= 11 is 3.14. The number of nitrogens with zero attached hydrogens (tertiary/aromatic N) is 3. The summed E-state index contributed by atoms with van der Waals surface area (Å²) in [4.78, 5) is 14.4. The highest BCUT2D eigenvalue weighted by Gasteiger charge is 2.28. The number of nitrogens with one attached hydrogen (secondary N) is 1. The van der Waals surface area contributed by atoms with Gasteiger partial charge in [0, 0.05) is 34.3 Å². The van der Waals surface area contributed by atoms with E-state index in [1.807, 2.05) is 22.9 Å². The number of sulfone groups is 1. The SMILES string of the molecule is O=S1(=O)CCC(Nc2ncc(-c3cccs3)c(-c3nccs3)n2)C1. The normalized spacial score (nSPS) is 19.4. The van der Waals surface area contributed by atoms with Gasteiger partial charge in [-0.3, -0.25) is 0 Å². The molecule has 4 rings (SSSR count). The summed E-state index contributed by atoms with van der Waals surface area (Å²) in [5.74, 6) is 0.801. The molecule has 9 heteroatoms. The molecule has 1 atom stereocenters. The van der Waals surface area contributed by atoms with E-state index in [1.165, 1.54) is 11.3 Å². The molecule has 1 unspecified atom stereocenters. The summed E-state index contributed by atoms with van der Waals surface area (Å²) in [6.07, 6.45) is 4.11. The number of thiazole rings is 1. The van der Waals surface area contributed by atoms with E-state index in [-0.39, 0.29) is 17.5 Å². The van der Waals surface area contributed by atoms with Crippen molar-refractivity contribution in [2.24, 2.45) is 0 Å². The van der Waals surface area contributed by atoms with Gasteiger partial charge in [-0.25, -0.2) is 23.4 Å². The first-order valence-corrected chi connectivity index (χ1v) is 11.0. The lowest BCUT2D eigenvalue weighted by Crippen LogP contribution is -2.22. The molecule has 1 N–H and O–H groups in total. The minimum Gasteiger partial charge on any atom is -0.350 e. The summed E-state index contributed by atoms with van der Waals surface area (Å²) in [6.45, 7) is 0. The van der Waals surface area contributed by atoms with Crippen LogP contribution in [0.5, 0.6) is 0 Å². The zero-order chi connectivity index (χ0) is 16.6. The molecule has 0 spiro atoms. The Hall–Kier alpha value is -1.84. The van der Waals surface area contributed by atoms with Gasteiger partial charge in [0.2, 0.25) is 5.95 Å². The lowest BCUT2D eigenvalue weighted by molar-refractivity contribution is 0.602. The molecule has 0 aromatic carbocycles. The Bertz CT molecular complexity index is 937. The van der Waals surface area contributed by atoms with Gasteiger partial charge in [-0.2, -0.15) is 0 Å². The van der Waals surface area contributed by atoms with Crippen molar-refractivity contribution in [2.75, 3.05) is 16.8 Å². The van der Waals surface area contributed by atoms with Crippen LogP contribution in [0.4, 0.5) is 5.95 Å². The van der Waals surface area contributed by atoms with Crippen molar-refractivity contribution in [3.63, 3.8) is 0 Å². The fourth-order valence-electron chi connectivity index (χ4n) is 2.66. The van der Waals surface area contributed by atoms with E-state index < -0.39 is 9.84 Å². The number of aromatic nitrogens is 3. The molecule has 0 bridgehead atoms. The van der Waals surface area contributed by atoms with E-state index in [0.29, 0.717) is 12.4 Å². The minimum atomic E-state index is -2.94. The van der Waals surface area contributed by atoms with Gasteiger partial charge in [0.25, 0.3) is 0 Å². The maximum Gasteiger partial charge on any atom is 0.223 e. The van der Waals surface area contributed by atoms with E-state index >= 15 is 0 Å². The van der Waals surface area contributed by atoms with Crippen LogP contribution in [0.25, 0.3) is 21.1 Å². The Morgan fingerprint density at radius 1 is 1.21 bits per heavy atom. The second-order valence-electron chi connectivity index (χ2n) is 5.51. The van der Waals surface area contributed by atoms with E-state index in [2.05, 4.69) is 20.3 Å². The number of anilines is 1. The van der Waals surface area contributed by atoms with Crippen LogP contribution in [-0.4, -0.2) is 40.9 Å². The van der Waals surface area contributed by atoms with Crippen molar-refractivity contribution < 1.29 is 8.42 Å². The lowest BCUT2D eigenvalue weighted by Gasteiger charge is -2.12. The second-order valence-corrected chi connectivity index (χ2v) is 9.59. The third-order valence-corrected chi connectivity index (χ3v) is 7.23. The molecular weight excluding hydrogens is 364 g/mol. The van der Waals surface area contributed by atoms with Crippen molar-refractivity contribution in [1.29, 1.82) is 0 Å². The van der Waals surface area contributed by atoms with Crippen molar-refractivity contribution >= 4 is 38.5 Å². The highest BCUT2D eigenvalue weighted by Crippen LogP contribution is 2.34. The van der Waals surface area contributed by atoms with Crippen LogP contribution >= 0.6 is 22.7 Å². The smallest absolute Gasteiger partial charge is 0.223 e. The molecular formula is C15H14N4O2S3. The summed E-state index contributed by atoms with van der Waals surface area (Å²) < 4.78 is 23.2. The molecule has 0 radical (unpaired) electrons. The monoisotopic (exact) mass is 378 g/mol. The molecule has 0 aliphatic carbocycles. The Balaban J connectivity index is 1.69. The Morgan fingerprint density at radius 3 is 2.79 bits per heavy atom. The first kappa shape index (κ1) is 15.7. The largest absolute Gasteiger partial charge is 0.350 e. The molecule has 1 saturated heterocycles. The van der Waals surface area contributed by atoms with Crippen molar-refractivity contribution in [3.05, 3.63) is 35.3 Å². The lowest BCUT2D eigenvalue weighted by atomic mass is 10.2. The summed E-state index contributed by atoms with van der Waals surface area (Å²) in [5.41, 5.74) is 1.70. The molecule has 0 amide bonds. The highest BCUT2D eigenvalue weighted by atomic mass is 32.2. The Morgan fingerprint density at radius 2 is 2.12 bits per heavy atom. The van der Waals surface area contributed by atoms with Gasteiger partial charge in [0.1, 0.15) is 10.7 Å². The van der Waals surface area contributed by atoms with Crippen molar-refractivity contribution in [3.8, 4) is 21.1 Å². The van der Waals surface area contributed by atoms with Gasteiger partial charge >= 0.3 is 0 Å². The van der Waals surface area contributed by atoms with E-state index in [9.17, 15) is 8.42 Å². The van der Waals surface area contributed by atoms with E-state index in [0.717, 1.165) is 21.1 Å². The predicted octanol–water partition coefficient (Wildman–Crippen LogP) is 2.93. The Kier molecular flexibility index (Phi) is 4.07. The fourth-order valence-corrected chi connectivity index (χ4v) is 5.71. The molecule has 3 aromatic rings. The summed E-state index contributed by atoms with van der Waals surface area (Å²) in [5, 5.41) is 7.89. The van der Waals surface area contributed by atoms with Gasteiger partial charge in [-0.1, -0.05) is 6.07 Å². The van der Waals surface area contributed by atoms with E-state index in [4.69, 9.17) is 0 Å². The van der Waals surface area contributed by atoms with Crippen molar-refractivity contribution in [1.82, 2.24) is 15.0 Å². The highest BCUT2D eigenvalue weighted by molar-refractivity contribution is 7.91. The van der Waals surface area contributed by atoms with Crippen molar-refractivity contribution in [2.45, 2.75) is 12.5 Å². The fraction of sp³-hybridized carbons (Fsp3) is 0.267. The topological polar surface area (TPSA) is 84.8 Å². The first-order valence-electron chi connectivity index (χ1n) is 7.38. The summed E-state index contributed by atoms with van der Waals surface area (Å²) in [7, 11) is -2.94. The first-order chi connectivity index (χ1) is 11.6. The number of hydrogen-bond donors (Lipinski definition) is 1. The number of rotatable bonds is 4. The van der Waals surface area contributed by atoms with Gasteiger partial charge in [0.15, 0.2) is 9.84 Å². The van der Waals surface area contributed by atoms with Crippen LogP contribution in [0.3, 0.4) is 0 Å². The standard InChI is InChI=1S/C15H14N4O2S3/c20-24(21)7-3-10(9-24)18-15-17-8-11(12-2-1-5-22-12)13(19-15)14-16-4-6-23-14/h1-2,4-6,8,10H,3,7,9H2,(H,17,18,19). The summed E-state index contributed by atoms with van der Waals surface area (Å²) in [6, 6.07) is 3.88. The molecule has 24 heavy (non-hydrogen) atoms. The average molecular weight is 379 g/mol. The molecule has 6 nitrogen and oxygen atoms in total. The van der Waals surface area contributed by atoms with Gasteiger partial charge < -0.3 is 5.32 Å². The zero-order valence-electron chi connectivity index (χ0n) is 12.5. The van der Waals surface area contributed by atoms with Crippen LogP contribution in [0, 0.1) is 0 Å². The molecule has 124 valence electrons. The third kappa shape index (κ3) is 3.19. The molecule has 0 saturated carbocycles. The number of hydrogen-bond acceptors (Lipinski definition) is 8. The van der Waals surface area contributed by atoms with Crippen LogP contribution < -0.4 is 5.32 Å². The molecule has 4 heterocycles. The quantitative estimate of drug-likeness (QED) is 0.751. The van der Waals surface area contributed by atoms with Gasteiger partial charge in [-0.05, 0) is 17.9 Å². The second kappa shape index (κ2) is 6.23. The average Bonchev–Trinajstić information content (AvgIpc) is 3.29. The predicted molar refractivity (Wildman–Crippen MR) is 97.1 cm³/mol. The van der Waals surface area contributed by atoms with Crippen LogP contribution in [0.1, 0.15) is 6.42 Å². The Labute approximate surface area is 147 Å². The molecule has 1 aliphatic heterocycles. The maximum atomic E-state index is 11.6. The molecule has 3 aromatic heterocycles. The third-order valence-electron chi connectivity index (χ3n) is 3.78. The minimum absolute atomic E-state index is 0.133. The van der Waals surface area contributed by atoms with Crippen LogP contribution in [0.15, 0.2) is 35.3 Å². The maximum absolute atomic E-state index is 11.6. The van der Waals surface area contributed by atoms with Gasteiger partial charge in [0.05, 0.1) is 11.5 Å². The van der Waals surface area contributed by atoms with E-state index in [1.54, 1.807) is 23.7 Å². The number of thiophene rings is 1.